The summed E-state index contributed by atoms with van der Waals surface area (Å²) in [7, 11) is 0. The molecule has 4 aliphatic rings. The Bertz CT molecular complexity index is 1050. The van der Waals surface area contributed by atoms with E-state index in [-0.39, 0.29) is 29.8 Å². The van der Waals surface area contributed by atoms with Crippen molar-refractivity contribution in [3.63, 3.8) is 0 Å². The number of hydrogen-bond donors (Lipinski definition) is 3. The van der Waals surface area contributed by atoms with Crippen molar-refractivity contribution in [2.24, 2.45) is 17.3 Å². The summed E-state index contributed by atoms with van der Waals surface area (Å²) in [5.41, 5.74) is -4.94. The number of aromatic hydroxyl groups is 1. The number of carbonyl (C=O) groups is 4. The van der Waals surface area contributed by atoms with Crippen LogP contribution in [0.3, 0.4) is 0 Å². The maximum atomic E-state index is 13.6. The van der Waals surface area contributed by atoms with Gasteiger partial charge in [-0.2, -0.15) is 0 Å². The van der Waals surface area contributed by atoms with Crippen molar-refractivity contribution in [3.8, 4) is 5.75 Å². The van der Waals surface area contributed by atoms with Gasteiger partial charge < -0.3 is 20.1 Å². The average Bonchev–Trinajstić information content (AvgIpc) is 2.91. The molecule has 8 nitrogen and oxygen atoms in total. The Kier molecular flexibility index (Phi) is 2.98. The molecule has 3 aliphatic carbocycles. The third-order valence-corrected chi connectivity index (χ3v) is 6.84. The second-order valence-corrected chi connectivity index (χ2v) is 7.97. The van der Waals surface area contributed by atoms with E-state index in [1.165, 1.54) is 25.1 Å². The van der Waals surface area contributed by atoms with Crippen LogP contribution in [0.5, 0.6) is 5.75 Å². The smallest absolute Gasteiger partial charge is 0.347 e. The summed E-state index contributed by atoms with van der Waals surface area (Å²) in [6.07, 6.45) is -1.07. The van der Waals surface area contributed by atoms with Crippen LogP contribution in [0.25, 0.3) is 5.76 Å². The molecular formula is C20H16O8. The van der Waals surface area contributed by atoms with Gasteiger partial charge in [0.05, 0.1) is 16.6 Å². The lowest BCUT2D eigenvalue weighted by atomic mass is 9.46. The molecule has 144 valence electrons. The zero-order valence-electron chi connectivity index (χ0n) is 14.8. The number of aliphatic hydroxyl groups excluding tert-OH is 1. The minimum Gasteiger partial charge on any atom is -0.507 e. The number of phenolic OH excluding ortho intramolecular Hbond substituents is 1. The standard InChI is InChI=1S/C20H16O8/c1-7(21)9-5-12-10-6-19(9)14(17(25)20(10,27)18(26)28-12)15(23)13-8(16(19)24)3-2-4-11(13)22/h2-4,9-10,12,22-23,27H,5-6H2,1H3/t9-,10+,12-,19+,20+/m1/s1. The topological polar surface area (TPSA) is 138 Å². The number of carbonyl (C=O) groups excluding carboxylic acids is 4. The average molecular weight is 384 g/mol. The summed E-state index contributed by atoms with van der Waals surface area (Å²) in [5.74, 6) is -6.34. The number of benzene rings is 1. The molecule has 3 N–H and O–H groups in total. The first-order valence-corrected chi connectivity index (χ1v) is 8.95. The van der Waals surface area contributed by atoms with E-state index < -0.39 is 63.6 Å². The van der Waals surface area contributed by atoms with Gasteiger partial charge >= 0.3 is 5.97 Å². The Morgan fingerprint density at radius 3 is 2.57 bits per heavy atom. The first-order valence-electron chi connectivity index (χ1n) is 8.95. The first kappa shape index (κ1) is 17.1. The van der Waals surface area contributed by atoms with Gasteiger partial charge in [0.1, 0.15) is 23.4 Å². The van der Waals surface area contributed by atoms with Crippen LogP contribution in [-0.4, -0.2) is 50.3 Å². The third-order valence-electron chi connectivity index (χ3n) is 6.84. The van der Waals surface area contributed by atoms with E-state index >= 15 is 0 Å². The zero-order valence-corrected chi connectivity index (χ0v) is 14.8. The highest BCUT2D eigenvalue weighted by molar-refractivity contribution is 6.27. The Hall–Kier alpha value is -3.00. The van der Waals surface area contributed by atoms with E-state index in [1.807, 2.05) is 0 Å². The SMILES string of the molecule is CC(=O)[C@H]1C[C@H]2OC(=O)[C@@]3(O)C(=O)C4=C(O)c5c(O)cccc5C(=O)[C@]41C[C@@H]23. The number of phenols is 1. The van der Waals surface area contributed by atoms with Gasteiger partial charge in [-0.3, -0.25) is 14.4 Å². The quantitative estimate of drug-likeness (QED) is 0.475. The maximum Gasteiger partial charge on any atom is 0.347 e. The molecule has 1 saturated heterocycles. The van der Waals surface area contributed by atoms with Crippen LogP contribution in [0.15, 0.2) is 23.8 Å². The molecule has 5 atom stereocenters. The molecule has 0 amide bonds. The van der Waals surface area contributed by atoms with E-state index in [9.17, 15) is 34.5 Å². The van der Waals surface area contributed by atoms with Crippen LogP contribution in [0.1, 0.15) is 35.7 Å². The summed E-state index contributed by atoms with van der Waals surface area (Å²) in [6, 6.07) is 4.08. The maximum absolute atomic E-state index is 13.6. The van der Waals surface area contributed by atoms with E-state index in [1.54, 1.807) is 0 Å². The van der Waals surface area contributed by atoms with Crippen LogP contribution in [-0.2, 0) is 19.1 Å². The molecule has 1 aromatic carbocycles. The van der Waals surface area contributed by atoms with Crippen LogP contribution < -0.4 is 0 Å². The third kappa shape index (κ3) is 1.58. The van der Waals surface area contributed by atoms with Crippen LogP contribution in [0.4, 0.5) is 0 Å². The highest BCUT2D eigenvalue weighted by Crippen LogP contribution is 2.64. The number of hydrogen-bond acceptors (Lipinski definition) is 8. The molecule has 0 unspecified atom stereocenters. The van der Waals surface area contributed by atoms with E-state index in [0.29, 0.717) is 0 Å². The Morgan fingerprint density at radius 1 is 1.18 bits per heavy atom. The van der Waals surface area contributed by atoms with E-state index in [4.69, 9.17) is 4.74 Å². The van der Waals surface area contributed by atoms with Crippen LogP contribution in [0, 0.1) is 17.3 Å². The van der Waals surface area contributed by atoms with Crippen molar-refractivity contribution in [1.29, 1.82) is 0 Å². The van der Waals surface area contributed by atoms with E-state index in [0.717, 1.165) is 0 Å². The highest BCUT2D eigenvalue weighted by Gasteiger charge is 2.76. The molecule has 5 rings (SSSR count). The fraction of sp³-hybridized carbons (Fsp3) is 0.400. The molecule has 0 aromatic heterocycles. The highest BCUT2D eigenvalue weighted by atomic mass is 16.6. The number of fused-ring (bicyclic) bond motifs is 1. The molecule has 1 spiro atoms. The monoisotopic (exact) mass is 384 g/mol. The Labute approximate surface area is 158 Å². The second-order valence-electron chi connectivity index (χ2n) is 7.97. The fourth-order valence-corrected chi connectivity index (χ4v) is 5.61. The van der Waals surface area contributed by atoms with Crippen molar-refractivity contribution in [1.82, 2.24) is 0 Å². The fourth-order valence-electron chi connectivity index (χ4n) is 5.61. The van der Waals surface area contributed by atoms with Crippen molar-refractivity contribution in [3.05, 3.63) is 34.9 Å². The number of esters is 1. The lowest BCUT2D eigenvalue weighted by Crippen LogP contribution is -2.65. The van der Waals surface area contributed by atoms with Gasteiger partial charge in [0.25, 0.3) is 0 Å². The molecule has 1 aromatic rings. The van der Waals surface area contributed by atoms with Gasteiger partial charge in [-0.15, -0.1) is 0 Å². The second kappa shape index (κ2) is 4.88. The van der Waals surface area contributed by atoms with Crippen LogP contribution >= 0.6 is 0 Å². The minimum atomic E-state index is -2.51. The molecule has 2 saturated carbocycles. The molecule has 3 fully saturated rings. The van der Waals surface area contributed by atoms with Crippen molar-refractivity contribution in [2.75, 3.05) is 0 Å². The molecule has 28 heavy (non-hydrogen) atoms. The van der Waals surface area contributed by atoms with Gasteiger partial charge in [0, 0.05) is 17.4 Å². The summed E-state index contributed by atoms with van der Waals surface area (Å²) >= 11 is 0. The molecule has 2 bridgehead atoms. The normalized spacial score (nSPS) is 38.1. The van der Waals surface area contributed by atoms with Crippen molar-refractivity contribution >= 4 is 29.1 Å². The summed E-state index contributed by atoms with van der Waals surface area (Å²) < 4.78 is 5.20. The Morgan fingerprint density at radius 2 is 1.89 bits per heavy atom. The summed E-state index contributed by atoms with van der Waals surface area (Å²) in [6.45, 7) is 1.28. The number of ether oxygens (including phenoxy) is 1. The number of aliphatic hydroxyl groups is 2. The van der Waals surface area contributed by atoms with Gasteiger partial charge in [0.2, 0.25) is 11.4 Å². The first-order chi connectivity index (χ1) is 13.2. The van der Waals surface area contributed by atoms with Gasteiger partial charge in [-0.25, -0.2) is 4.79 Å². The lowest BCUT2D eigenvalue weighted by molar-refractivity contribution is -0.162. The number of Topliss-reactive ketones (excluding diaryl/α,β-unsaturated/α-hetero) is 3. The largest absolute Gasteiger partial charge is 0.507 e. The summed E-state index contributed by atoms with van der Waals surface area (Å²) in [4.78, 5) is 51.7. The predicted octanol–water partition coefficient (Wildman–Crippen LogP) is 0.698. The van der Waals surface area contributed by atoms with Gasteiger partial charge in [-0.05, 0) is 25.8 Å². The molecule has 0 radical (unpaired) electrons. The lowest BCUT2D eigenvalue weighted by Gasteiger charge is -2.53. The van der Waals surface area contributed by atoms with Crippen LogP contribution in [0.2, 0.25) is 0 Å². The van der Waals surface area contributed by atoms with Gasteiger partial charge in [-0.1, -0.05) is 12.1 Å². The van der Waals surface area contributed by atoms with Crippen molar-refractivity contribution in [2.45, 2.75) is 31.5 Å². The molecule has 1 aliphatic heterocycles. The molecular weight excluding hydrogens is 368 g/mol. The summed E-state index contributed by atoms with van der Waals surface area (Å²) in [5, 5.41) is 32.0. The van der Waals surface area contributed by atoms with E-state index in [2.05, 4.69) is 0 Å². The van der Waals surface area contributed by atoms with Crippen molar-refractivity contribution < 1.29 is 39.2 Å². The molecule has 1 heterocycles. The number of ketones is 3. The minimum absolute atomic E-state index is 0.00516. The van der Waals surface area contributed by atoms with Gasteiger partial charge in [0.15, 0.2) is 5.78 Å². The zero-order chi connectivity index (χ0) is 20.2. The molecule has 8 heteroatoms. The Balaban J connectivity index is 1.90. The number of rotatable bonds is 1. The predicted molar refractivity (Wildman–Crippen MR) is 91.2 cm³/mol.